The monoisotopic (exact) mass is 302 g/mol. The zero-order valence-electron chi connectivity index (χ0n) is 12.6. The first-order chi connectivity index (χ1) is 10.6. The average molecular weight is 302 g/mol. The van der Waals surface area contributed by atoms with Crippen LogP contribution in [-0.4, -0.2) is 34.4 Å². The van der Waals surface area contributed by atoms with Gasteiger partial charge in [0, 0.05) is 13.6 Å². The number of nitrogens with zero attached hydrogens (tertiary/aromatic N) is 4. The smallest absolute Gasteiger partial charge is 0.333 e. The first-order valence-corrected chi connectivity index (χ1v) is 7.17. The number of rotatable bonds is 3. The van der Waals surface area contributed by atoms with Crippen molar-refractivity contribution in [2.75, 3.05) is 24.6 Å². The summed E-state index contributed by atoms with van der Waals surface area (Å²) < 4.78 is 7.41. The van der Waals surface area contributed by atoms with Crippen molar-refractivity contribution >= 4 is 11.5 Å². The zero-order chi connectivity index (χ0) is 15.7. The van der Waals surface area contributed by atoms with Crippen molar-refractivity contribution in [2.45, 2.75) is 13.0 Å². The molecule has 0 unspecified atom stereocenters. The first kappa shape index (κ1) is 14.5. The summed E-state index contributed by atoms with van der Waals surface area (Å²) in [6.45, 7) is 3.38. The van der Waals surface area contributed by atoms with E-state index in [1.165, 1.54) is 0 Å². The van der Waals surface area contributed by atoms with Crippen molar-refractivity contribution in [1.82, 2.24) is 9.78 Å². The molecule has 0 radical (unpaired) electrons. The van der Waals surface area contributed by atoms with Crippen LogP contribution < -0.4 is 4.90 Å². The molecular weight excluding hydrogens is 284 g/mol. The summed E-state index contributed by atoms with van der Waals surface area (Å²) in [6.07, 6.45) is -0.0928. The summed E-state index contributed by atoms with van der Waals surface area (Å²) >= 11 is 0. The highest BCUT2D eigenvalue weighted by Gasteiger charge is 2.32. The van der Waals surface area contributed by atoms with Crippen LogP contribution in [0, 0.1) is 17.0 Å². The van der Waals surface area contributed by atoms with E-state index in [9.17, 15) is 10.1 Å². The lowest BCUT2D eigenvalue weighted by Crippen LogP contribution is -2.39. The van der Waals surface area contributed by atoms with Crippen LogP contribution in [-0.2, 0) is 11.8 Å². The molecule has 3 rings (SSSR count). The molecule has 22 heavy (non-hydrogen) atoms. The molecule has 2 heterocycles. The van der Waals surface area contributed by atoms with Gasteiger partial charge in [-0.15, -0.1) is 0 Å². The van der Waals surface area contributed by atoms with E-state index in [0.717, 1.165) is 5.56 Å². The van der Waals surface area contributed by atoms with Crippen LogP contribution in [0.2, 0.25) is 0 Å². The van der Waals surface area contributed by atoms with Crippen LogP contribution in [0.25, 0.3) is 0 Å². The predicted molar refractivity (Wildman–Crippen MR) is 81.9 cm³/mol. The second-order valence-electron chi connectivity index (χ2n) is 5.35. The Morgan fingerprint density at radius 1 is 1.36 bits per heavy atom. The molecule has 1 aromatic carbocycles. The number of anilines is 1. The van der Waals surface area contributed by atoms with Gasteiger partial charge in [0.15, 0.2) is 0 Å². The molecule has 1 saturated heterocycles. The molecule has 0 N–H and O–H groups in total. The molecule has 1 aliphatic heterocycles. The summed E-state index contributed by atoms with van der Waals surface area (Å²) in [5.74, 6) is 0.548. The highest BCUT2D eigenvalue weighted by Crippen LogP contribution is 2.34. The Bertz CT molecular complexity index is 684. The van der Waals surface area contributed by atoms with E-state index in [2.05, 4.69) is 5.10 Å². The summed E-state index contributed by atoms with van der Waals surface area (Å²) in [5.41, 5.74) is 1.59. The molecule has 1 aliphatic rings. The molecule has 1 aromatic heterocycles. The molecular formula is C15H18N4O3. The Morgan fingerprint density at radius 3 is 2.77 bits per heavy atom. The molecule has 0 amide bonds. The number of aryl methyl sites for hydroxylation is 2. The minimum Gasteiger partial charge on any atom is -0.370 e. The molecule has 1 atom stereocenters. The number of hydrogen-bond acceptors (Lipinski definition) is 5. The maximum atomic E-state index is 11.3. The van der Waals surface area contributed by atoms with Crippen molar-refractivity contribution in [3.8, 4) is 0 Å². The molecule has 0 spiro atoms. The number of benzene rings is 1. The second kappa shape index (κ2) is 5.76. The van der Waals surface area contributed by atoms with Crippen molar-refractivity contribution in [3.63, 3.8) is 0 Å². The van der Waals surface area contributed by atoms with Gasteiger partial charge in [0.25, 0.3) is 0 Å². The largest absolute Gasteiger partial charge is 0.370 e. The number of hydrogen-bond donors (Lipinski definition) is 0. The van der Waals surface area contributed by atoms with Crippen LogP contribution in [0.1, 0.15) is 17.4 Å². The lowest BCUT2D eigenvalue weighted by Gasteiger charge is -2.33. The molecule has 0 bridgehead atoms. The minimum atomic E-state index is -0.356. The second-order valence-corrected chi connectivity index (χ2v) is 5.35. The maximum absolute atomic E-state index is 11.3. The van der Waals surface area contributed by atoms with Gasteiger partial charge in [-0.2, -0.15) is 5.10 Å². The highest BCUT2D eigenvalue weighted by molar-refractivity contribution is 5.61. The Labute approximate surface area is 128 Å². The third-order valence-corrected chi connectivity index (χ3v) is 3.88. The van der Waals surface area contributed by atoms with Crippen molar-refractivity contribution in [1.29, 1.82) is 0 Å². The average Bonchev–Trinajstić information content (AvgIpc) is 2.83. The summed E-state index contributed by atoms with van der Waals surface area (Å²) in [7, 11) is 1.74. The Kier molecular flexibility index (Phi) is 3.81. The number of ether oxygens (including phenoxy) is 1. The Balaban J connectivity index is 1.91. The normalized spacial score (nSPS) is 18.5. The highest BCUT2D eigenvalue weighted by atomic mass is 16.6. The van der Waals surface area contributed by atoms with Gasteiger partial charge < -0.3 is 9.64 Å². The Hall–Kier alpha value is -2.41. The summed E-state index contributed by atoms with van der Waals surface area (Å²) in [6, 6.07) is 9.91. The molecule has 0 aliphatic carbocycles. The molecule has 0 saturated carbocycles. The maximum Gasteiger partial charge on any atom is 0.333 e. The van der Waals surface area contributed by atoms with Gasteiger partial charge in [-0.05, 0) is 12.5 Å². The fourth-order valence-electron chi connectivity index (χ4n) is 2.91. The quantitative estimate of drug-likeness (QED) is 0.642. The van der Waals surface area contributed by atoms with E-state index in [1.807, 2.05) is 35.2 Å². The van der Waals surface area contributed by atoms with Gasteiger partial charge in [0.2, 0.25) is 5.82 Å². The third-order valence-electron chi connectivity index (χ3n) is 3.88. The van der Waals surface area contributed by atoms with Gasteiger partial charge in [0.1, 0.15) is 11.8 Å². The van der Waals surface area contributed by atoms with E-state index in [-0.39, 0.29) is 16.7 Å². The van der Waals surface area contributed by atoms with Gasteiger partial charge >= 0.3 is 5.69 Å². The van der Waals surface area contributed by atoms with Crippen molar-refractivity contribution in [3.05, 3.63) is 51.7 Å². The molecule has 7 nitrogen and oxygen atoms in total. The SMILES string of the molecule is Cc1nn(C)c(N2CCO[C@H](c3ccccc3)C2)c1[N+](=O)[O-]. The molecule has 7 heteroatoms. The van der Waals surface area contributed by atoms with Crippen LogP contribution in [0.5, 0.6) is 0 Å². The van der Waals surface area contributed by atoms with Crippen LogP contribution in [0.15, 0.2) is 30.3 Å². The van der Waals surface area contributed by atoms with E-state index in [0.29, 0.717) is 31.2 Å². The van der Waals surface area contributed by atoms with E-state index in [4.69, 9.17) is 4.74 Å². The van der Waals surface area contributed by atoms with Crippen molar-refractivity contribution < 1.29 is 9.66 Å². The topological polar surface area (TPSA) is 73.4 Å². The molecule has 2 aromatic rings. The van der Waals surface area contributed by atoms with Crippen LogP contribution in [0.3, 0.4) is 0 Å². The lowest BCUT2D eigenvalue weighted by molar-refractivity contribution is -0.384. The number of aromatic nitrogens is 2. The van der Waals surface area contributed by atoms with E-state index >= 15 is 0 Å². The number of nitro groups is 1. The number of morpholine rings is 1. The Morgan fingerprint density at radius 2 is 2.09 bits per heavy atom. The van der Waals surface area contributed by atoms with Gasteiger partial charge in [-0.1, -0.05) is 30.3 Å². The minimum absolute atomic E-state index is 0.0798. The van der Waals surface area contributed by atoms with E-state index < -0.39 is 0 Å². The van der Waals surface area contributed by atoms with E-state index in [1.54, 1.807) is 18.7 Å². The zero-order valence-corrected chi connectivity index (χ0v) is 12.6. The third kappa shape index (κ3) is 2.55. The summed E-state index contributed by atoms with van der Waals surface area (Å²) in [5, 5.41) is 15.5. The molecule has 116 valence electrons. The molecule has 1 fully saturated rings. The fraction of sp³-hybridized carbons (Fsp3) is 0.400. The first-order valence-electron chi connectivity index (χ1n) is 7.17. The van der Waals surface area contributed by atoms with Gasteiger partial charge in [-0.3, -0.25) is 10.1 Å². The van der Waals surface area contributed by atoms with Crippen LogP contribution in [0.4, 0.5) is 11.5 Å². The lowest BCUT2D eigenvalue weighted by atomic mass is 10.1. The standard InChI is InChI=1S/C15H18N4O3/c1-11-14(19(20)21)15(17(2)16-11)18-8-9-22-13(10-18)12-6-4-3-5-7-12/h3-7,13H,8-10H2,1-2H3/t13-/m0/s1. The van der Waals surface area contributed by atoms with Gasteiger partial charge in [-0.25, -0.2) is 4.68 Å². The van der Waals surface area contributed by atoms with Gasteiger partial charge in [0.05, 0.1) is 18.1 Å². The predicted octanol–water partition coefficient (Wildman–Crippen LogP) is 2.21. The fourth-order valence-corrected chi connectivity index (χ4v) is 2.91. The van der Waals surface area contributed by atoms with Crippen LogP contribution >= 0.6 is 0 Å². The summed E-state index contributed by atoms with van der Waals surface area (Å²) in [4.78, 5) is 13.0. The van der Waals surface area contributed by atoms with Crippen molar-refractivity contribution in [2.24, 2.45) is 7.05 Å².